The second kappa shape index (κ2) is 7.85. The number of hydrogen-bond acceptors (Lipinski definition) is 2. The lowest BCUT2D eigenvalue weighted by molar-refractivity contribution is -0.0175. The van der Waals surface area contributed by atoms with Gasteiger partial charge in [0.2, 0.25) is 0 Å². The van der Waals surface area contributed by atoms with E-state index >= 15 is 0 Å². The van der Waals surface area contributed by atoms with Crippen molar-refractivity contribution < 1.29 is 13.5 Å². The normalized spacial score (nSPS) is 19.4. The van der Waals surface area contributed by atoms with Crippen LogP contribution in [0.2, 0.25) is 0 Å². The quantitative estimate of drug-likeness (QED) is 0.849. The van der Waals surface area contributed by atoms with E-state index in [9.17, 15) is 8.78 Å². The first kappa shape index (κ1) is 16.4. The van der Waals surface area contributed by atoms with Crippen molar-refractivity contribution in [3.63, 3.8) is 0 Å². The van der Waals surface area contributed by atoms with E-state index in [1.165, 1.54) is 31.4 Å². The van der Waals surface area contributed by atoms with Crippen molar-refractivity contribution in [2.24, 2.45) is 5.92 Å². The molecule has 4 heteroatoms. The summed E-state index contributed by atoms with van der Waals surface area (Å²) in [4.78, 5) is 0. The summed E-state index contributed by atoms with van der Waals surface area (Å²) < 4.78 is 33.2. The lowest BCUT2D eigenvalue weighted by Gasteiger charge is -2.35. The van der Waals surface area contributed by atoms with Crippen LogP contribution in [0.25, 0.3) is 0 Å². The molecule has 1 aromatic carbocycles. The first-order valence-electron chi connectivity index (χ1n) is 7.91. The van der Waals surface area contributed by atoms with Crippen LogP contribution >= 0.6 is 0 Å². The van der Waals surface area contributed by atoms with Gasteiger partial charge in [-0.15, -0.1) is 0 Å². The van der Waals surface area contributed by atoms with Gasteiger partial charge in [-0.3, -0.25) is 0 Å². The van der Waals surface area contributed by atoms with Gasteiger partial charge in [-0.2, -0.15) is 0 Å². The van der Waals surface area contributed by atoms with Crippen molar-refractivity contribution in [1.29, 1.82) is 0 Å². The van der Waals surface area contributed by atoms with Gasteiger partial charge in [0.25, 0.3) is 0 Å². The van der Waals surface area contributed by atoms with Gasteiger partial charge in [-0.1, -0.05) is 25.3 Å². The molecule has 2 nitrogen and oxygen atoms in total. The zero-order valence-electron chi connectivity index (χ0n) is 12.9. The first-order chi connectivity index (χ1) is 10.2. The maximum absolute atomic E-state index is 14.1. The third kappa shape index (κ3) is 4.01. The second-order valence-corrected chi connectivity index (χ2v) is 5.75. The molecule has 0 bridgehead atoms. The van der Waals surface area contributed by atoms with Gasteiger partial charge in [0.15, 0.2) is 0 Å². The fourth-order valence-electron chi connectivity index (χ4n) is 3.41. The molecule has 2 unspecified atom stereocenters. The molecule has 1 N–H and O–H groups in total. The Morgan fingerprint density at radius 3 is 2.52 bits per heavy atom. The van der Waals surface area contributed by atoms with E-state index in [1.807, 2.05) is 14.0 Å². The smallest absolute Gasteiger partial charge is 0.130 e. The maximum Gasteiger partial charge on any atom is 0.130 e. The molecular weight excluding hydrogens is 272 g/mol. The minimum absolute atomic E-state index is 0.0692. The maximum atomic E-state index is 14.1. The number of hydrogen-bond donors (Lipinski definition) is 1. The average molecular weight is 297 g/mol. The first-order valence-corrected chi connectivity index (χ1v) is 7.91. The summed E-state index contributed by atoms with van der Waals surface area (Å²) in [5, 5.41) is 3.17. The van der Waals surface area contributed by atoms with Crippen molar-refractivity contribution in [2.75, 3.05) is 13.7 Å². The second-order valence-electron chi connectivity index (χ2n) is 5.75. The molecule has 1 aliphatic carbocycles. The van der Waals surface area contributed by atoms with Gasteiger partial charge in [0.05, 0.1) is 12.1 Å². The van der Waals surface area contributed by atoms with E-state index in [4.69, 9.17) is 4.74 Å². The van der Waals surface area contributed by atoms with Crippen molar-refractivity contribution >= 4 is 0 Å². The molecule has 2 atom stereocenters. The predicted molar refractivity (Wildman–Crippen MR) is 80.1 cm³/mol. The van der Waals surface area contributed by atoms with Gasteiger partial charge in [-0.25, -0.2) is 8.78 Å². The van der Waals surface area contributed by atoms with E-state index < -0.39 is 11.6 Å². The van der Waals surface area contributed by atoms with Gasteiger partial charge in [-0.05, 0) is 38.8 Å². The molecule has 2 rings (SSSR count). The van der Waals surface area contributed by atoms with E-state index in [1.54, 1.807) is 0 Å². The summed E-state index contributed by atoms with van der Waals surface area (Å²) in [6, 6.07) is 3.55. The molecule has 0 amide bonds. The van der Waals surface area contributed by atoms with Gasteiger partial charge >= 0.3 is 0 Å². The topological polar surface area (TPSA) is 21.3 Å². The number of rotatable bonds is 6. The highest BCUT2D eigenvalue weighted by Crippen LogP contribution is 2.35. The number of nitrogens with one attached hydrogen (secondary N) is 1. The molecule has 0 radical (unpaired) electrons. The zero-order valence-corrected chi connectivity index (χ0v) is 12.9. The Morgan fingerprint density at radius 2 is 1.95 bits per heavy atom. The summed E-state index contributed by atoms with van der Waals surface area (Å²) in [5.41, 5.74) is 0.489. The third-order valence-corrected chi connectivity index (χ3v) is 4.41. The molecule has 1 saturated carbocycles. The average Bonchev–Trinajstić information content (AvgIpc) is 2.50. The van der Waals surface area contributed by atoms with Crippen LogP contribution in [-0.4, -0.2) is 19.8 Å². The fourth-order valence-corrected chi connectivity index (χ4v) is 3.41. The predicted octanol–water partition coefficient (Wildman–Crippen LogP) is 4.21. The summed E-state index contributed by atoms with van der Waals surface area (Å²) in [6.07, 6.45) is 5.84. The Labute approximate surface area is 125 Å². The lowest BCUT2D eigenvalue weighted by Crippen LogP contribution is -2.39. The minimum atomic E-state index is -0.545. The number of ether oxygens (including phenoxy) is 1. The fraction of sp³-hybridized carbons (Fsp3) is 0.647. The van der Waals surface area contributed by atoms with Crippen LogP contribution in [0, 0.1) is 17.6 Å². The molecule has 0 saturated heterocycles. The molecule has 21 heavy (non-hydrogen) atoms. The summed E-state index contributed by atoms with van der Waals surface area (Å²) >= 11 is 0. The Morgan fingerprint density at radius 1 is 1.24 bits per heavy atom. The molecular formula is C17H25F2NO. The standard InChI is InChI=1S/C17H25F2NO/c1-3-21-17(12-7-5-4-6-8-12)16(20-2)14-10-9-13(18)11-15(14)19/h9-12,16-17,20H,3-8H2,1-2H3. The minimum Gasteiger partial charge on any atom is -0.376 e. The van der Waals surface area contributed by atoms with Crippen molar-refractivity contribution in [3.05, 3.63) is 35.4 Å². The van der Waals surface area contributed by atoms with E-state index in [0.29, 0.717) is 18.1 Å². The van der Waals surface area contributed by atoms with Gasteiger partial charge < -0.3 is 10.1 Å². The number of benzene rings is 1. The van der Waals surface area contributed by atoms with E-state index in [0.717, 1.165) is 18.9 Å². The highest BCUT2D eigenvalue weighted by atomic mass is 19.1. The van der Waals surface area contributed by atoms with Gasteiger partial charge in [0, 0.05) is 18.2 Å². The summed E-state index contributed by atoms with van der Waals surface area (Å²) in [7, 11) is 1.81. The molecule has 1 aliphatic rings. The highest BCUT2D eigenvalue weighted by molar-refractivity contribution is 5.23. The zero-order chi connectivity index (χ0) is 15.2. The van der Waals surface area contributed by atoms with Gasteiger partial charge in [0.1, 0.15) is 11.6 Å². The largest absolute Gasteiger partial charge is 0.376 e. The van der Waals surface area contributed by atoms with Crippen LogP contribution in [0.5, 0.6) is 0 Å². The molecule has 1 fully saturated rings. The van der Waals surface area contributed by atoms with Crippen LogP contribution in [0.1, 0.15) is 50.6 Å². The molecule has 0 aromatic heterocycles. The van der Waals surface area contributed by atoms with E-state index in [2.05, 4.69) is 5.32 Å². The van der Waals surface area contributed by atoms with Crippen LogP contribution in [0.3, 0.4) is 0 Å². The molecule has 1 aromatic rings. The van der Waals surface area contributed by atoms with E-state index in [-0.39, 0.29) is 12.1 Å². The number of halogens is 2. The Balaban J connectivity index is 2.25. The lowest BCUT2D eigenvalue weighted by atomic mass is 9.81. The molecule has 0 spiro atoms. The molecule has 0 heterocycles. The monoisotopic (exact) mass is 297 g/mol. The van der Waals surface area contributed by atoms with Crippen LogP contribution < -0.4 is 5.32 Å². The summed E-state index contributed by atoms with van der Waals surface area (Å²) in [6.45, 7) is 2.56. The Bertz CT molecular complexity index is 446. The van der Waals surface area contributed by atoms with Crippen molar-refractivity contribution in [1.82, 2.24) is 5.32 Å². The number of likely N-dealkylation sites (N-methyl/N-ethyl adjacent to an activating group) is 1. The molecule has 118 valence electrons. The van der Waals surface area contributed by atoms with Crippen LogP contribution in [0.15, 0.2) is 18.2 Å². The SMILES string of the molecule is CCOC(C1CCCCC1)C(NC)c1ccc(F)cc1F. The summed E-state index contributed by atoms with van der Waals surface area (Å²) in [5.74, 6) is -0.618. The molecule has 0 aliphatic heterocycles. The van der Waals surface area contributed by atoms with Crippen LogP contribution in [-0.2, 0) is 4.74 Å². The third-order valence-electron chi connectivity index (χ3n) is 4.41. The van der Waals surface area contributed by atoms with Crippen LogP contribution in [0.4, 0.5) is 8.78 Å². The Hall–Kier alpha value is -1.00. The highest BCUT2D eigenvalue weighted by Gasteiger charge is 2.32. The van der Waals surface area contributed by atoms with Crippen molar-refractivity contribution in [2.45, 2.75) is 51.2 Å². The Kier molecular flexibility index (Phi) is 6.12. The van der Waals surface area contributed by atoms with Crippen molar-refractivity contribution in [3.8, 4) is 0 Å².